The van der Waals surface area contributed by atoms with Crippen molar-refractivity contribution in [3.05, 3.63) is 101 Å². The van der Waals surface area contributed by atoms with E-state index in [0.29, 0.717) is 74.1 Å². The summed E-state index contributed by atoms with van der Waals surface area (Å²) in [5.41, 5.74) is -4.46. The number of halogens is 10. The van der Waals surface area contributed by atoms with Crippen LogP contribution in [0.4, 0.5) is 59.3 Å². The number of pyridine rings is 1. The van der Waals surface area contributed by atoms with Crippen LogP contribution in [0.15, 0.2) is 67.1 Å². The van der Waals surface area contributed by atoms with E-state index in [9.17, 15) is 64.5 Å². The maximum atomic E-state index is 16.0. The average Bonchev–Trinajstić information content (AvgIpc) is 3.99. The Kier molecular flexibility index (Phi) is 18.3. The van der Waals surface area contributed by atoms with Crippen LogP contribution in [0, 0.1) is 34.3 Å². The molecule has 6 N–H and O–H groups in total. The van der Waals surface area contributed by atoms with Crippen molar-refractivity contribution in [2.45, 2.75) is 115 Å². The van der Waals surface area contributed by atoms with Crippen LogP contribution < -0.4 is 26.3 Å². The summed E-state index contributed by atoms with van der Waals surface area (Å²) in [5.74, 6) is 0.674. The molecule has 0 spiro atoms. The molecule has 434 valence electrons. The summed E-state index contributed by atoms with van der Waals surface area (Å²) >= 11 is 0. The number of aliphatic hydroxyl groups is 1. The first kappa shape index (κ1) is 60.4. The number of aromatic nitrogens is 3. The van der Waals surface area contributed by atoms with Crippen molar-refractivity contribution in [2.75, 3.05) is 44.9 Å². The summed E-state index contributed by atoms with van der Waals surface area (Å²) in [4.78, 5) is 61.6. The molecule has 4 amide bonds. The molecule has 6 unspecified atom stereocenters. The number of alkyl carbamates (subject to hydrolysis) is 1. The maximum Gasteiger partial charge on any atom is 0.407 e. The maximum absolute atomic E-state index is 16.0. The number of anilines is 1. The lowest BCUT2D eigenvalue weighted by Crippen LogP contribution is -2.63. The number of hydrogen-bond donors (Lipinski definition) is 6. The third kappa shape index (κ3) is 13.8. The van der Waals surface area contributed by atoms with Crippen LogP contribution in [0.2, 0.25) is 0 Å². The van der Waals surface area contributed by atoms with E-state index in [2.05, 4.69) is 36.8 Å². The second-order valence-electron chi connectivity index (χ2n) is 20.8. The Labute approximate surface area is 452 Å². The highest BCUT2D eigenvalue weighted by molar-refractivity contribution is 5.87. The van der Waals surface area contributed by atoms with Crippen LogP contribution in [0.25, 0.3) is 11.1 Å². The van der Waals surface area contributed by atoms with E-state index in [0.717, 1.165) is 64.5 Å². The Hall–Kier alpha value is -7.22. The summed E-state index contributed by atoms with van der Waals surface area (Å²) in [6.07, 6.45) is -11.3. The third-order valence-corrected chi connectivity index (χ3v) is 14.7. The number of aliphatic hydroxyl groups excluding tert-OH is 1. The smallest absolute Gasteiger partial charge is 0.407 e. The van der Waals surface area contributed by atoms with Crippen LogP contribution in [0.5, 0.6) is 0 Å². The summed E-state index contributed by atoms with van der Waals surface area (Å²) in [7, 11) is 0.812. The van der Waals surface area contributed by atoms with E-state index in [-0.39, 0.29) is 21.4 Å². The number of methoxy groups -OCH3 is 1. The zero-order chi connectivity index (χ0) is 58.6. The van der Waals surface area contributed by atoms with E-state index in [1.807, 2.05) is 22.9 Å². The molecule has 3 fully saturated rings. The Morgan fingerprint density at radius 2 is 1.38 bits per heavy atom. The molecule has 28 heteroatoms. The summed E-state index contributed by atoms with van der Waals surface area (Å²) in [6, 6.07) is 5.22. The number of piperazine rings is 1. The molecule has 0 saturated carbocycles. The normalized spacial score (nSPS) is 18.6. The fourth-order valence-electron chi connectivity index (χ4n) is 9.53. The van der Waals surface area contributed by atoms with Crippen LogP contribution in [-0.2, 0) is 32.0 Å². The second-order valence-corrected chi connectivity index (χ2v) is 20.8. The molecular formula is C52H58F10N10O8. The minimum atomic E-state index is -5.28. The zero-order valence-electron chi connectivity index (χ0n) is 43.6. The molecule has 7 rings (SSSR count). The van der Waals surface area contributed by atoms with Gasteiger partial charge in [-0.1, -0.05) is 24.0 Å². The van der Waals surface area contributed by atoms with Gasteiger partial charge in [-0.05, 0) is 94.5 Å². The van der Waals surface area contributed by atoms with E-state index in [1.54, 1.807) is 6.20 Å². The number of hydrogen-bond acceptors (Lipinski definition) is 12. The minimum Gasteiger partial charge on any atom is -0.465 e. The van der Waals surface area contributed by atoms with Crippen LogP contribution >= 0.6 is 0 Å². The first-order valence-electron chi connectivity index (χ1n) is 25.0. The average molecular weight is 1140 g/mol. The van der Waals surface area contributed by atoms with E-state index in [4.69, 9.17) is 9.72 Å². The number of hydrazine groups is 1. The lowest BCUT2D eigenvalue weighted by atomic mass is 9.82. The molecule has 0 radical (unpaired) electrons. The number of amides is 4. The highest BCUT2D eigenvalue weighted by Crippen LogP contribution is 2.42. The summed E-state index contributed by atoms with van der Waals surface area (Å²) < 4.78 is 155. The minimum absolute atomic E-state index is 0.186. The number of carbonyl (C=O) groups is 4. The van der Waals surface area contributed by atoms with Crippen LogP contribution in [0.3, 0.4) is 0 Å². The number of benzene rings is 2. The van der Waals surface area contributed by atoms with Crippen molar-refractivity contribution < 1.29 is 82.8 Å². The lowest BCUT2D eigenvalue weighted by molar-refractivity contribution is -0.221. The first-order chi connectivity index (χ1) is 37.5. The molecular weight excluding hydrogens is 1080 g/mol. The Balaban J connectivity index is 1.18. The molecule has 0 aliphatic carbocycles. The first-order valence-corrected chi connectivity index (χ1v) is 25.0. The molecule has 2 aromatic carbocycles. The van der Waals surface area contributed by atoms with Gasteiger partial charge >= 0.3 is 31.1 Å². The van der Waals surface area contributed by atoms with Crippen molar-refractivity contribution in [1.29, 1.82) is 0 Å². The van der Waals surface area contributed by atoms with Gasteiger partial charge in [0.05, 0.1) is 55.5 Å². The number of alkyl halides is 8. The van der Waals surface area contributed by atoms with Crippen LogP contribution in [0.1, 0.15) is 69.3 Å². The summed E-state index contributed by atoms with van der Waals surface area (Å²) in [5, 5.41) is 31.0. The van der Waals surface area contributed by atoms with Gasteiger partial charge in [-0.2, -0.15) is 40.2 Å². The predicted molar refractivity (Wildman–Crippen MR) is 265 cm³/mol. The molecule has 6 atom stereocenters. The molecule has 3 saturated heterocycles. The van der Waals surface area contributed by atoms with Gasteiger partial charge in [0.2, 0.25) is 5.91 Å². The standard InChI is InChI=1S/C52H58F10N10O8/c1-49(2,51(57,58)59)42(67-48(78)79-5)44(74)65-39(16-29-9-6-28(7-10-29)8-11-30-12-15-41(63-19-30)72-33-13-14-34(72)23-69(22-33)35-26-80-27-35)40(73)25-70(68-45(75)43(66-47(76)77)50(3,4)52(60,61)62)24-36-37(53)17-31(18-38(36)54)32-20-64-71(21-32)46(55)56/h6-7,9-10,12,15,17-21,33-35,39-40,42-43,46,66,73H,13-14,16,22-27H2,1-5H3,(H,65,74)(H,67,78)(H,68,75)(H,76,77). The van der Waals surface area contributed by atoms with Crippen LogP contribution in [-0.4, -0.2) is 154 Å². The van der Waals surface area contributed by atoms with Crippen molar-refractivity contribution in [2.24, 2.45) is 10.8 Å². The van der Waals surface area contributed by atoms with Gasteiger partial charge in [0, 0.05) is 72.9 Å². The number of carbonyl (C=O) groups excluding carboxylic acids is 3. The van der Waals surface area contributed by atoms with Crippen molar-refractivity contribution in [3.63, 3.8) is 0 Å². The van der Waals surface area contributed by atoms with Gasteiger partial charge in [0.1, 0.15) is 29.5 Å². The summed E-state index contributed by atoms with van der Waals surface area (Å²) in [6.45, 7) is -0.0418. The molecule has 3 aliphatic rings. The van der Waals surface area contributed by atoms with Gasteiger partial charge < -0.3 is 40.5 Å². The molecule has 2 bridgehead atoms. The second kappa shape index (κ2) is 24.2. The van der Waals surface area contributed by atoms with Gasteiger partial charge in [-0.3, -0.25) is 19.9 Å². The van der Waals surface area contributed by atoms with Crippen molar-refractivity contribution in [3.8, 4) is 23.0 Å². The number of rotatable bonds is 19. The van der Waals surface area contributed by atoms with E-state index >= 15 is 8.78 Å². The predicted octanol–water partition coefficient (Wildman–Crippen LogP) is 6.53. The van der Waals surface area contributed by atoms with E-state index in [1.165, 1.54) is 29.6 Å². The molecule has 2 aromatic heterocycles. The quantitative estimate of drug-likeness (QED) is 0.0335. The molecule has 4 aromatic rings. The zero-order valence-corrected chi connectivity index (χ0v) is 43.6. The van der Waals surface area contributed by atoms with Gasteiger partial charge in [0.25, 0.3) is 5.91 Å². The van der Waals surface area contributed by atoms with E-state index < -0.39 is 115 Å². The molecule has 18 nitrogen and oxygen atoms in total. The lowest BCUT2D eigenvalue weighted by Gasteiger charge is -2.47. The molecule has 5 heterocycles. The topological polar surface area (TPSA) is 216 Å². The number of ether oxygens (including phenoxy) is 2. The number of nitrogens with one attached hydrogen (secondary N) is 4. The molecule has 3 aliphatic heterocycles. The van der Waals surface area contributed by atoms with Crippen molar-refractivity contribution >= 4 is 29.8 Å². The number of likely N-dealkylation sites (tertiary alicyclic amines) is 1. The fourth-order valence-corrected chi connectivity index (χ4v) is 9.53. The Morgan fingerprint density at radius 1 is 0.800 bits per heavy atom. The van der Waals surface area contributed by atoms with Gasteiger partial charge in [-0.25, -0.2) is 33.0 Å². The number of fused-ring (bicyclic) bond motifs is 2. The Bertz CT molecular complexity index is 2890. The largest absolute Gasteiger partial charge is 0.465 e. The Morgan fingerprint density at radius 3 is 1.88 bits per heavy atom. The van der Waals surface area contributed by atoms with Gasteiger partial charge in [-0.15, -0.1) is 0 Å². The van der Waals surface area contributed by atoms with Crippen molar-refractivity contribution in [1.82, 2.24) is 46.0 Å². The highest BCUT2D eigenvalue weighted by Gasteiger charge is 2.57. The molecule has 80 heavy (non-hydrogen) atoms. The van der Waals surface area contributed by atoms with Gasteiger partial charge in [0.15, 0.2) is 0 Å². The third-order valence-electron chi connectivity index (χ3n) is 14.7. The SMILES string of the molecule is COC(=O)NC(C(=O)NC(Cc1ccc(C#Cc2ccc(N3C4CCC3CN(C3COC3)C4)nc2)cc1)C(O)CN(Cc1c(F)cc(-c2cnn(C(F)F)c2)cc1F)NC(=O)C(NC(=O)O)C(C)(C)C(F)(F)F)C(C)(C)C(F)(F)F. The number of carboxylic acid groups (broad SMARTS) is 1. The fraction of sp³-hybridized carbons (Fsp3) is 0.500. The monoisotopic (exact) mass is 1140 g/mol. The highest BCUT2D eigenvalue weighted by atomic mass is 19.4. The number of nitrogens with zero attached hydrogens (tertiary/aromatic N) is 6.